The summed E-state index contributed by atoms with van der Waals surface area (Å²) < 4.78 is 19.3. The Morgan fingerprint density at radius 1 is 1.10 bits per heavy atom. The van der Waals surface area contributed by atoms with Crippen LogP contribution in [0.5, 0.6) is 5.75 Å². The number of likely N-dealkylation sites (tertiary alicyclic amines) is 1. The first-order valence-electron chi connectivity index (χ1n) is 13.7. The Balaban J connectivity index is 1.24. The van der Waals surface area contributed by atoms with Gasteiger partial charge in [-0.2, -0.15) is 0 Å². The number of nitrogens with one attached hydrogen (secondary N) is 1. The Kier molecular flexibility index (Phi) is 8.18. The van der Waals surface area contributed by atoms with Crippen molar-refractivity contribution in [2.45, 2.75) is 76.4 Å². The van der Waals surface area contributed by atoms with Crippen LogP contribution in [0, 0.1) is 0 Å². The second kappa shape index (κ2) is 11.6. The molecule has 2 saturated heterocycles. The Labute approximate surface area is 233 Å². The van der Waals surface area contributed by atoms with E-state index < -0.39 is 36.7 Å². The van der Waals surface area contributed by atoms with Crippen LogP contribution < -0.4 is 10.1 Å². The number of rotatable bonds is 7. The van der Waals surface area contributed by atoms with Gasteiger partial charge in [-0.1, -0.05) is 24.3 Å². The number of aliphatic hydroxyl groups excluding tert-OH is 3. The van der Waals surface area contributed by atoms with E-state index in [1.165, 1.54) is 0 Å². The van der Waals surface area contributed by atoms with E-state index in [2.05, 4.69) is 10.3 Å². The minimum absolute atomic E-state index is 0.00186. The molecule has 2 aliphatic heterocycles. The lowest BCUT2D eigenvalue weighted by atomic mass is 10.1. The van der Waals surface area contributed by atoms with E-state index in [1.54, 1.807) is 9.47 Å². The van der Waals surface area contributed by atoms with Gasteiger partial charge in [-0.05, 0) is 50.6 Å². The zero-order valence-electron chi connectivity index (χ0n) is 23.1. The predicted octanol–water partition coefficient (Wildman–Crippen LogP) is 3.04. The van der Waals surface area contributed by atoms with Crippen LogP contribution in [-0.2, 0) is 16.0 Å². The summed E-state index contributed by atoms with van der Waals surface area (Å²) in [5.41, 5.74) is 1.88. The number of hydrogen-bond donors (Lipinski definition) is 4. The van der Waals surface area contributed by atoms with Gasteiger partial charge in [-0.3, -0.25) is 4.57 Å². The smallest absolute Gasteiger partial charge is 0.410 e. The van der Waals surface area contributed by atoms with Crippen LogP contribution >= 0.6 is 0 Å². The Hall–Kier alpha value is -3.38. The fraction of sp³-hybridized carbons (Fsp3) is 0.517. The summed E-state index contributed by atoms with van der Waals surface area (Å²) in [5, 5.41) is 33.9. The highest BCUT2D eigenvalue weighted by atomic mass is 16.6. The van der Waals surface area contributed by atoms with Crippen LogP contribution in [0.3, 0.4) is 0 Å². The molecule has 2 aromatic carbocycles. The first kappa shape index (κ1) is 28.2. The largest absolute Gasteiger partial charge is 0.490 e. The molecule has 0 radical (unpaired) electrons. The highest BCUT2D eigenvalue weighted by molar-refractivity contribution is 5.78. The van der Waals surface area contributed by atoms with Crippen molar-refractivity contribution in [1.29, 1.82) is 0 Å². The van der Waals surface area contributed by atoms with Gasteiger partial charge < -0.3 is 39.7 Å². The summed E-state index contributed by atoms with van der Waals surface area (Å²) in [6, 6.07) is 15.3. The summed E-state index contributed by atoms with van der Waals surface area (Å²) in [5.74, 6) is 1.21. The van der Waals surface area contributed by atoms with Crippen molar-refractivity contribution in [2.24, 2.45) is 0 Å². The van der Waals surface area contributed by atoms with Crippen LogP contribution in [0.15, 0.2) is 48.5 Å². The third-order valence-electron chi connectivity index (χ3n) is 7.11. The number of piperidine rings is 1. The second-order valence-electron chi connectivity index (χ2n) is 11.3. The van der Waals surface area contributed by atoms with E-state index >= 15 is 0 Å². The highest BCUT2D eigenvalue weighted by Crippen LogP contribution is 2.35. The molecular weight excluding hydrogens is 516 g/mol. The Bertz CT molecular complexity index is 1320. The van der Waals surface area contributed by atoms with Crippen LogP contribution in [0.1, 0.15) is 45.4 Å². The van der Waals surface area contributed by atoms with E-state index in [0.717, 1.165) is 29.7 Å². The van der Waals surface area contributed by atoms with Gasteiger partial charge in [0.2, 0.25) is 5.95 Å². The van der Waals surface area contributed by atoms with Crippen LogP contribution in [-0.4, -0.2) is 85.6 Å². The molecule has 4 atom stereocenters. The Morgan fingerprint density at radius 2 is 1.85 bits per heavy atom. The first-order valence-corrected chi connectivity index (χ1v) is 13.7. The summed E-state index contributed by atoms with van der Waals surface area (Å²) in [4.78, 5) is 18.8. The average molecular weight is 555 g/mol. The zero-order chi connectivity index (χ0) is 28.4. The second-order valence-corrected chi connectivity index (χ2v) is 11.3. The number of nitrogens with zero attached hydrogens (tertiary/aromatic N) is 3. The van der Waals surface area contributed by atoms with E-state index in [4.69, 9.17) is 14.2 Å². The molecule has 3 aromatic rings. The van der Waals surface area contributed by atoms with Crippen molar-refractivity contribution in [3.05, 3.63) is 54.1 Å². The summed E-state index contributed by atoms with van der Waals surface area (Å²) >= 11 is 0. The molecule has 2 fully saturated rings. The summed E-state index contributed by atoms with van der Waals surface area (Å²) in [6.45, 7) is 6.77. The average Bonchev–Trinajstić information content (AvgIpc) is 3.43. The minimum Gasteiger partial charge on any atom is -0.490 e. The van der Waals surface area contributed by atoms with E-state index in [1.807, 2.05) is 69.3 Å². The molecule has 0 unspecified atom stereocenters. The topological polar surface area (TPSA) is 139 Å². The molecule has 0 spiro atoms. The van der Waals surface area contributed by atoms with Gasteiger partial charge in [0.1, 0.15) is 35.8 Å². The van der Waals surface area contributed by atoms with Gasteiger partial charge in [-0.15, -0.1) is 0 Å². The van der Waals surface area contributed by atoms with Crippen molar-refractivity contribution in [2.75, 3.05) is 25.0 Å². The SMILES string of the molecule is CC(C)(C)OC(=O)N1CCC(Oc2cccc(CNc3nc4ccccc4n3[C@@H]3O[C@H](CO)[C@@H](O)[C@H]3O)c2)CC1. The number of hydrogen-bond acceptors (Lipinski definition) is 9. The number of anilines is 1. The maximum absolute atomic E-state index is 12.3. The number of aliphatic hydroxyl groups is 3. The molecule has 1 amide bonds. The molecule has 0 aliphatic carbocycles. The van der Waals surface area contributed by atoms with Crippen molar-refractivity contribution in [3.63, 3.8) is 0 Å². The molecule has 11 nitrogen and oxygen atoms in total. The van der Waals surface area contributed by atoms with Crippen molar-refractivity contribution in [1.82, 2.24) is 14.5 Å². The van der Waals surface area contributed by atoms with Crippen LogP contribution in [0.25, 0.3) is 11.0 Å². The fourth-order valence-corrected chi connectivity index (χ4v) is 5.11. The lowest BCUT2D eigenvalue weighted by Crippen LogP contribution is -2.44. The van der Waals surface area contributed by atoms with Crippen molar-refractivity contribution >= 4 is 23.1 Å². The molecule has 4 N–H and O–H groups in total. The predicted molar refractivity (Wildman–Crippen MR) is 148 cm³/mol. The number of fused-ring (bicyclic) bond motifs is 1. The standard InChI is InChI=1S/C29H38N4O7/c1-29(2,3)40-28(37)32-13-11-19(12-14-32)38-20-8-6-7-18(15-20)16-30-27-31-21-9-4-5-10-22(21)33(27)26-25(36)24(35)23(17-34)39-26/h4-10,15,19,23-26,34-36H,11-14,16-17H2,1-3H3,(H,30,31)/t23-,24-,25-,26-/m1/s1. The molecule has 40 heavy (non-hydrogen) atoms. The van der Waals surface area contributed by atoms with Gasteiger partial charge in [-0.25, -0.2) is 9.78 Å². The summed E-state index contributed by atoms with van der Waals surface area (Å²) in [6.07, 6.45) is -3.10. The maximum Gasteiger partial charge on any atom is 0.410 e. The summed E-state index contributed by atoms with van der Waals surface area (Å²) in [7, 11) is 0. The number of para-hydroxylation sites is 2. The highest BCUT2D eigenvalue weighted by Gasteiger charge is 2.44. The molecule has 1 aromatic heterocycles. The minimum atomic E-state index is -1.23. The lowest BCUT2D eigenvalue weighted by molar-refractivity contribution is -0.0499. The normalized spacial score (nSPS) is 23.9. The number of benzene rings is 2. The van der Waals surface area contributed by atoms with Gasteiger partial charge in [0.25, 0.3) is 0 Å². The van der Waals surface area contributed by atoms with E-state index in [9.17, 15) is 20.1 Å². The number of imidazole rings is 1. The number of carbonyl (C=O) groups is 1. The molecule has 0 bridgehead atoms. The number of carbonyl (C=O) groups excluding carboxylic acids is 1. The van der Waals surface area contributed by atoms with Gasteiger partial charge >= 0.3 is 6.09 Å². The lowest BCUT2D eigenvalue weighted by Gasteiger charge is -2.33. The number of ether oxygens (including phenoxy) is 3. The van der Waals surface area contributed by atoms with Crippen LogP contribution in [0.4, 0.5) is 10.7 Å². The third-order valence-corrected chi connectivity index (χ3v) is 7.11. The van der Waals surface area contributed by atoms with Gasteiger partial charge in [0, 0.05) is 32.5 Å². The molecule has 5 rings (SSSR count). The zero-order valence-corrected chi connectivity index (χ0v) is 23.1. The monoisotopic (exact) mass is 554 g/mol. The van der Waals surface area contributed by atoms with Gasteiger partial charge in [0.05, 0.1) is 17.6 Å². The molecule has 11 heteroatoms. The molecule has 0 saturated carbocycles. The maximum atomic E-state index is 12.3. The molecular formula is C29H38N4O7. The Morgan fingerprint density at radius 3 is 2.55 bits per heavy atom. The first-order chi connectivity index (χ1) is 19.1. The van der Waals surface area contributed by atoms with Crippen LogP contribution in [0.2, 0.25) is 0 Å². The van der Waals surface area contributed by atoms with E-state index in [0.29, 0.717) is 31.1 Å². The quantitative estimate of drug-likeness (QED) is 0.347. The molecule has 216 valence electrons. The van der Waals surface area contributed by atoms with Gasteiger partial charge in [0.15, 0.2) is 6.23 Å². The molecule has 2 aliphatic rings. The number of amides is 1. The van der Waals surface area contributed by atoms with Crippen molar-refractivity contribution in [3.8, 4) is 5.75 Å². The third kappa shape index (κ3) is 6.17. The fourth-order valence-electron chi connectivity index (χ4n) is 5.11. The number of aromatic nitrogens is 2. The molecule has 3 heterocycles. The van der Waals surface area contributed by atoms with Crippen molar-refractivity contribution < 1.29 is 34.3 Å². The van der Waals surface area contributed by atoms with E-state index in [-0.39, 0.29) is 12.2 Å².